The van der Waals surface area contributed by atoms with Crippen molar-refractivity contribution in [3.8, 4) is 0 Å². The molecule has 0 amide bonds. The largest absolute Gasteiger partial charge is 0.478 e. The van der Waals surface area contributed by atoms with E-state index in [1.54, 1.807) is 0 Å². The van der Waals surface area contributed by atoms with Crippen LogP contribution in [0.3, 0.4) is 0 Å². The molecule has 0 bridgehead atoms. The maximum absolute atomic E-state index is 11.8. The fraction of sp³-hybridized carbons (Fsp3) is 0.571. The Hall–Kier alpha value is -1.89. The van der Waals surface area contributed by atoms with Gasteiger partial charge in [0.2, 0.25) is 0 Å². The molecule has 6 heteroatoms. The zero-order valence-electron chi connectivity index (χ0n) is 16.4. The molecule has 2 aliphatic rings. The lowest BCUT2D eigenvalue weighted by Crippen LogP contribution is -2.64. The molecule has 4 rings (SSSR count). The number of aromatic carboxylic acids is 1. The van der Waals surface area contributed by atoms with E-state index < -0.39 is 5.97 Å². The molecule has 146 valence electrons. The topological polar surface area (TPSA) is 63.9 Å². The van der Waals surface area contributed by atoms with Gasteiger partial charge >= 0.3 is 5.97 Å². The van der Waals surface area contributed by atoms with Gasteiger partial charge in [0.15, 0.2) is 6.29 Å². The minimum atomic E-state index is -0.903. The minimum Gasteiger partial charge on any atom is -0.478 e. The third kappa shape index (κ3) is 2.96. The highest BCUT2D eigenvalue weighted by Gasteiger charge is 2.43. The number of rotatable bonds is 4. The number of carboxylic acid groups (broad SMARTS) is 1. The molecule has 0 radical (unpaired) electrons. The van der Waals surface area contributed by atoms with E-state index in [1.165, 1.54) is 6.42 Å². The SMILES string of the molecule is Cc1c(C(=O)O)c2ccccc2n1[C@H](C)C1OCC(N2CCC2(C)C)CO1. The average molecular weight is 372 g/mol. The van der Waals surface area contributed by atoms with Gasteiger partial charge in [-0.25, -0.2) is 4.79 Å². The summed E-state index contributed by atoms with van der Waals surface area (Å²) >= 11 is 0. The highest BCUT2D eigenvalue weighted by Crippen LogP contribution is 2.35. The quantitative estimate of drug-likeness (QED) is 0.891. The standard InChI is InChI=1S/C21H28N2O4/c1-13-18(19(24)25)16-7-5-6-8-17(16)23(13)14(2)20-26-11-15(12-27-20)22-10-9-21(22,3)4/h5-8,14-15,20H,9-12H2,1-4H3,(H,24,25)/t14-,15?,20?/m1/s1. The number of benzene rings is 1. The number of nitrogens with zero attached hydrogens (tertiary/aromatic N) is 2. The van der Waals surface area contributed by atoms with Crippen LogP contribution in [0.4, 0.5) is 0 Å². The van der Waals surface area contributed by atoms with E-state index in [0.717, 1.165) is 23.1 Å². The lowest BCUT2D eigenvalue weighted by molar-refractivity contribution is -0.236. The summed E-state index contributed by atoms with van der Waals surface area (Å²) in [4.78, 5) is 14.2. The van der Waals surface area contributed by atoms with Crippen molar-refractivity contribution in [2.24, 2.45) is 0 Å². The maximum atomic E-state index is 11.8. The highest BCUT2D eigenvalue weighted by atomic mass is 16.7. The Bertz CT molecular complexity index is 864. The molecule has 2 saturated heterocycles. The summed E-state index contributed by atoms with van der Waals surface area (Å²) in [5, 5.41) is 10.4. The third-order valence-electron chi connectivity index (χ3n) is 6.26. The number of carboxylic acids is 1. The first kappa shape index (κ1) is 18.5. The van der Waals surface area contributed by atoms with Gasteiger partial charge < -0.3 is 19.1 Å². The van der Waals surface area contributed by atoms with E-state index >= 15 is 0 Å². The number of hydrogen-bond donors (Lipinski definition) is 1. The Morgan fingerprint density at radius 2 is 1.93 bits per heavy atom. The number of ether oxygens (including phenoxy) is 2. The predicted molar refractivity (Wildman–Crippen MR) is 103 cm³/mol. The van der Waals surface area contributed by atoms with Gasteiger partial charge in [-0.05, 0) is 40.2 Å². The van der Waals surface area contributed by atoms with Crippen molar-refractivity contribution in [1.82, 2.24) is 9.47 Å². The van der Waals surface area contributed by atoms with Gasteiger partial charge in [0.25, 0.3) is 0 Å². The summed E-state index contributed by atoms with van der Waals surface area (Å²) in [6, 6.07) is 7.79. The Kier molecular flexibility index (Phi) is 4.53. The maximum Gasteiger partial charge on any atom is 0.338 e. The molecule has 0 aliphatic carbocycles. The molecule has 0 spiro atoms. The van der Waals surface area contributed by atoms with Crippen LogP contribution in [-0.2, 0) is 9.47 Å². The van der Waals surface area contributed by atoms with E-state index in [0.29, 0.717) is 18.8 Å². The molecular weight excluding hydrogens is 344 g/mol. The lowest BCUT2D eigenvalue weighted by atomic mass is 9.87. The van der Waals surface area contributed by atoms with Gasteiger partial charge in [0.1, 0.15) is 0 Å². The summed E-state index contributed by atoms with van der Waals surface area (Å²) in [5.41, 5.74) is 2.21. The lowest BCUT2D eigenvalue weighted by Gasteiger charge is -2.53. The van der Waals surface area contributed by atoms with Crippen LogP contribution in [0, 0.1) is 6.92 Å². The van der Waals surface area contributed by atoms with Crippen LogP contribution in [0.2, 0.25) is 0 Å². The van der Waals surface area contributed by atoms with Crippen LogP contribution in [-0.4, -0.2) is 58.2 Å². The predicted octanol–water partition coefficient (Wildman–Crippen LogP) is 3.43. The van der Waals surface area contributed by atoms with Gasteiger partial charge in [-0.15, -0.1) is 0 Å². The van der Waals surface area contributed by atoms with Crippen molar-refractivity contribution in [3.63, 3.8) is 0 Å². The van der Waals surface area contributed by atoms with Gasteiger partial charge in [0.05, 0.1) is 30.9 Å². The van der Waals surface area contributed by atoms with E-state index in [-0.39, 0.29) is 23.9 Å². The molecular formula is C21H28N2O4. The Morgan fingerprint density at radius 3 is 2.48 bits per heavy atom. The van der Waals surface area contributed by atoms with Crippen molar-refractivity contribution in [2.45, 2.75) is 58.0 Å². The number of aromatic nitrogens is 1. The second kappa shape index (κ2) is 6.62. The van der Waals surface area contributed by atoms with Crippen LogP contribution >= 0.6 is 0 Å². The molecule has 1 aromatic carbocycles. The number of fused-ring (bicyclic) bond motifs is 1. The molecule has 1 N–H and O–H groups in total. The molecule has 2 fully saturated rings. The summed E-state index contributed by atoms with van der Waals surface area (Å²) in [6.45, 7) is 10.8. The second-order valence-corrected chi connectivity index (χ2v) is 8.34. The van der Waals surface area contributed by atoms with E-state index in [2.05, 4.69) is 18.7 Å². The highest BCUT2D eigenvalue weighted by molar-refractivity contribution is 6.05. The van der Waals surface area contributed by atoms with Crippen molar-refractivity contribution in [3.05, 3.63) is 35.5 Å². The molecule has 27 heavy (non-hydrogen) atoms. The van der Waals surface area contributed by atoms with Crippen molar-refractivity contribution in [1.29, 1.82) is 0 Å². The summed E-state index contributed by atoms with van der Waals surface area (Å²) < 4.78 is 14.2. The van der Waals surface area contributed by atoms with Crippen molar-refractivity contribution in [2.75, 3.05) is 19.8 Å². The summed E-state index contributed by atoms with van der Waals surface area (Å²) in [6.07, 6.45) is 0.817. The van der Waals surface area contributed by atoms with Gasteiger partial charge in [-0.1, -0.05) is 18.2 Å². The number of hydrogen-bond acceptors (Lipinski definition) is 4. The molecule has 0 unspecified atom stereocenters. The summed E-state index contributed by atoms with van der Waals surface area (Å²) in [7, 11) is 0. The van der Waals surface area contributed by atoms with E-state index in [4.69, 9.17) is 9.47 Å². The van der Waals surface area contributed by atoms with Crippen LogP contribution in [0.15, 0.2) is 24.3 Å². The Labute approximate surface area is 159 Å². The first-order chi connectivity index (χ1) is 12.8. The Morgan fingerprint density at radius 1 is 1.26 bits per heavy atom. The van der Waals surface area contributed by atoms with Crippen LogP contribution in [0.25, 0.3) is 10.9 Å². The normalized spacial score (nSPS) is 26.7. The van der Waals surface area contributed by atoms with Crippen molar-refractivity contribution >= 4 is 16.9 Å². The van der Waals surface area contributed by atoms with Crippen LogP contribution in [0.1, 0.15) is 49.3 Å². The van der Waals surface area contributed by atoms with Gasteiger partial charge in [-0.3, -0.25) is 4.90 Å². The number of carbonyl (C=O) groups is 1. The van der Waals surface area contributed by atoms with Crippen LogP contribution < -0.4 is 0 Å². The fourth-order valence-corrected chi connectivity index (χ4v) is 4.64. The van der Waals surface area contributed by atoms with E-state index in [9.17, 15) is 9.90 Å². The molecule has 0 saturated carbocycles. The molecule has 1 aromatic heterocycles. The monoisotopic (exact) mass is 372 g/mol. The van der Waals surface area contributed by atoms with Gasteiger partial charge in [0, 0.05) is 28.7 Å². The molecule has 1 atom stereocenters. The summed E-state index contributed by atoms with van der Waals surface area (Å²) in [5.74, 6) is -0.903. The fourth-order valence-electron chi connectivity index (χ4n) is 4.64. The zero-order chi connectivity index (χ0) is 19.3. The molecule has 2 aromatic rings. The van der Waals surface area contributed by atoms with E-state index in [1.807, 2.05) is 42.7 Å². The van der Waals surface area contributed by atoms with Crippen molar-refractivity contribution < 1.29 is 19.4 Å². The Balaban J connectivity index is 1.57. The molecule has 2 aliphatic heterocycles. The van der Waals surface area contributed by atoms with Gasteiger partial charge in [-0.2, -0.15) is 0 Å². The number of para-hydroxylation sites is 1. The second-order valence-electron chi connectivity index (χ2n) is 8.34. The minimum absolute atomic E-state index is 0.117. The zero-order valence-corrected chi connectivity index (χ0v) is 16.4. The first-order valence-electron chi connectivity index (χ1n) is 9.64. The molecule has 3 heterocycles. The smallest absolute Gasteiger partial charge is 0.338 e. The first-order valence-corrected chi connectivity index (χ1v) is 9.64. The molecule has 6 nitrogen and oxygen atoms in total. The third-order valence-corrected chi connectivity index (χ3v) is 6.26. The van der Waals surface area contributed by atoms with Crippen LogP contribution in [0.5, 0.6) is 0 Å². The average Bonchev–Trinajstić information content (AvgIpc) is 2.93. The number of likely N-dealkylation sites (tertiary alicyclic amines) is 1.